The highest BCUT2D eigenvalue weighted by Crippen LogP contribution is 2.14. The monoisotopic (exact) mass is 268 g/mol. The molecular formula is C10H13ClN6O. The van der Waals surface area contributed by atoms with Crippen molar-refractivity contribution in [3.8, 4) is 5.95 Å². The van der Waals surface area contributed by atoms with E-state index in [0.29, 0.717) is 11.9 Å². The van der Waals surface area contributed by atoms with E-state index in [1.807, 2.05) is 6.92 Å². The van der Waals surface area contributed by atoms with Crippen LogP contribution in [0.1, 0.15) is 6.92 Å². The summed E-state index contributed by atoms with van der Waals surface area (Å²) < 4.78 is 1.63. The van der Waals surface area contributed by atoms with Crippen LogP contribution in [0.25, 0.3) is 5.95 Å². The molecule has 1 N–H and O–H groups in total. The van der Waals surface area contributed by atoms with Crippen molar-refractivity contribution in [2.24, 2.45) is 0 Å². The summed E-state index contributed by atoms with van der Waals surface area (Å²) >= 11 is 5.87. The zero-order valence-corrected chi connectivity index (χ0v) is 10.8. The van der Waals surface area contributed by atoms with Crippen molar-refractivity contribution >= 4 is 17.5 Å². The van der Waals surface area contributed by atoms with Crippen molar-refractivity contribution < 1.29 is 5.11 Å². The molecule has 0 radical (unpaired) electrons. The van der Waals surface area contributed by atoms with Crippen LogP contribution in [0.4, 0.5) is 5.95 Å². The van der Waals surface area contributed by atoms with Crippen LogP contribution in [-0.4, -0.2) is 49.3 Å². The quantitative estimate of drug-likeness (QED) is 0.871. The smallest absolute Gasteiger partial charge is 0.241 e. The molecule has 2 heterocycles. The standard InChI is InChI=1S/C10H13ClN6O/c1-7(5-18)16(2)9-13-8(11)14-10(15-9)17-4-3-12-6-17/h3-4,6-7,18H,5H2,1-2H3. The second-order valence-electron chi connectivity index (χ2n) is 3.82. The van der Waals surface area contributed by atoms with E-state index in [-0.39, 0.29) is 17.9 Å². The summed E-state index contributed by atoms with van der Waals surface area (Å²) in [5.41, 5.74) is 0. The number of aliphatic hydroxyl groups is 1. The molecule has 0 fully saturated rings. The van der Waals surface area contributed by atoms with E-state index in [4.69, 9.17) is 16.7 Å². The topological polar surface area (TPSA) is 80.0 Å². The Morgan fingerprint density at radius 3 is 2.83 bits per heavy atom. The van der Waals surface area contributed by atoms with Crippen LogP contribution < -0.4 is 4.90 Å². The molecule has 0 aromatic carbocycles. The predicted molar refractivity (Wildman–Crippen MR) is 66.9 cm³/mol. The zero-order chi connectivity index (χ0) is 13.1. The molecular weight excluding hydrogens is 256 g/mol. The largest absolute Gasteiger partial charge is 0.394 e. The zero-order valence-electron chi connectivity index (χ0n) is 10.0. The van der Waals surface area contributed by atoms with Gasteiger partial charge >= 0.3 is 0 Å². The molecule has 96 valence electrons. The molecule has 0 aliphatic carbocycles. The van der Waals surface area contributed by atoms with Crippen molar-refractivity contribution in [1.82, 2.24) is 24.5 Å². The minimum absolute atomic E-state index is 0.000209. The molecule has 0 aliphatic heterocycles. The lowest BCUT2D eigenvalue weighted by Gasteiger charge is -2.23. The maximum absolute atomic E-state index is 9.13. The van der Waals surface area contributed by atoms with E-state index in [1.165, 1.54) is 0 Å². The lowest BCUT2D eigenvalue weighted by atomic mass is 10.3. The van der Waals surface area contributed by atoms with E-state index in [0.717, 1.165) is 0 Å². The molecule has 0 aliphatic rings. The maximum Gasteiger partial charge on any atom is 0.241 e. The highest BCUT2D eigenvalue weighted by Gasteiger charge is 2.14. The van der Waals surface area contributed by atoms with Crippen molar-refractivity contribution in [2.45, 2.75) is 13.0 Å². The van der Waals surface area contributed by atoms with E-state index in [2.05, 4.69) is 19.9 Å². The number of halogens is 1. The fourth-order valence-electron chi connectivity index (χ4n) is 1.30. The van der Waals surface area contributed by atoms with Crippen LogP contribution in [0.15, 0.2) is 18.7 Å². The number of aliphatic hydroxyl groups excluding tert-OH is 1. The van der Waals surface area contributed by atoms with E-state index in [1.54, 1.807) is 35.2 Å². The second-order valence-corrected chi connectivity index (χ2v) is 4.15. The summed E-state index contributed by atoms with van der Waals surface area (Å²) in [6, 6.07) is -0.112. The van der Waals surface area contributed by atoms with Gasteiger partial charge in [0.1, 0.15) is 6.33 Å². The van der Waals surface area contributed by atoms with Gasteiger partial charge in [-0.15, -0.1) is 0 Å². The third-order valence-corrected chi connectivity index (χ3v) is 2.73. The Kier molecular flexibility index (Phi) is 3.73. The van der Waals surface area contributed by atoms with Gasteiger partial charge < -0.3 is 10.0 Å². The Labute approximate surface area is 109 Å². The average molecular weight is 269 g/mol. The lowest BCUT2D eigenvalue weighted by Crippen LogP contribution is -2.33. The molecule has 8 heteroatoms. The summed E-state index contributed by atoms with van der Waals surface area (Å²) in [6.45, 7) is 1.86. The molecule has 0 bridgehead atoms. The first kappa shape index (κ1) is 12.7. The number of hydrogen-bond donors (Lipinski definition) is 1. The lowest BCUT2D eigenvalue weighted by molar-refractivity contribution is 0.269. The highest BCUT2D eigenvalue weighted by molar-refractivity contribution is 6.28. The molecule has 0 spiro atoms. The molecule has 2 aromatic rings. The normalized spacial score (nSPS) is 12.4. The van der Waals surface area contributed by atoms with Gasteiger partial charge in [0.2, 0.25) is 17.2 Å². The molecule has 18 heavy (non-hydrogen) atoms. The SMILES string of the molecule is CC(CO)N(C)c1nc(Cl)nc(-n2ccnc2)n1. The van der Waals surface area contributed by atoms with Crippen LogP contribution in [-0.2, 0) is 0 Å². The number of nitrogens with zero attached hydrogens (tertiary/aromatic N) is 6. The van der Waals surface area contributed by atoms with Gasteiger partial charge in [-0.2, -0.15) is 15.0 Å². The fraction of sp³-hybridized carbons (Fsp3) is 0.400. The molecule has 0 saturated heterocycles. The van der Waals surface area contributed by atoms with E-state index < -0.39 is 0 Å². The first-order chi connectivity index (χ1) is 8.61. The minimum Gasteiger partial charge on any atom is -0.394 e. The molecule has 2 rings (SSSR count). The van der Waals surface area contributed by atoms with Crippen LogP contribution in [0.2, 0.25) is 5.28 Å². The van der Waals surface area contributed by atoms with Gasteiger partial charge in [0, 0.05) is 19.4 Å². The maximum atomic E-state index is 9.13. The van der Waals surface area contributed by atoms with Gasteiger partial charge in [0.05, 0.1) is 12.6 Å². The molecule has 0 saturated carbocycles. The Balaban J connectivity index is 2.38. The number of likely N-dealkylation sites (N-methyl/N-ethyl adjacent to an activating group) is 1. The van der Waals surface area contributed by atoms with Crippen molar-refractivity contribution in [3.63, 3.8) is 0 Å². The van der Waals surface area contributed by atoms with Crippen LogP contribution in [0, 0.1) is 0 Å². The number of hydrogen-bond acceptors (Lipinski definition) is 6. The summed E-state index contributed by atoms with van der Waals surface area (Å²) in [4.78, 5) is 18.0. The highest BCUT2D eigenvalue weighted by atomic mass is 35.5. The molecule has 1 atom stereocenters. The predicted octanol–water partition coefficient (Wildman–Crippen LogP) is 0.528. The fourth-order valence-corrected chi connectivity index (χ4v) is 1.45. The third-order valence-electron chi connectivity index (χ3n) is 2.56. The Morgan fingerprint density at radius 1 is 1.44 bits per heavy atom. The van der Waals surface area contributed by atoms with Gasteiger partial charge in [-0.3, -0.25) is 4.57 Å². The second kappa shape index (κ2) is 5.28. The first-order valence-corrected chi connectivity index (χ1v) is 5.73. The number of aromatic nitrogens is 5. The molecule has 0 amide bonds. The number of anilines is 1. The molecule has 1 unspecified atom stereocenters. The van der Waals surface area contributed by atoms with Crippen LogP contribution >= 0.6 is 11.6 Å². The first-order valence-electron chi connectivity index (χ1n) is 5.35. The minimum atomic E-state index is -0.112. The van der Waals surface area contributed by atoms with Gasteiger partial charge in [-0.1, -0.05) is 0 Å². The van der Waals surface area contributed by atoms with Crippen molar-refractivity contribution in [3.05, 3.63) is 24.0 Å². The third kappa shape index (κ3) is 2.57. The summed E-state index contributed by atoms with van der Waals surface area (Å²) in [6.07, 6.45) is 4.91. The van der Waals surface area contributed by atoms with Gasteiger partial charge in [-0.05, 0) is 18.5 Å². The van der Waals surface area contributed by atoms with Crippen molar-refractivity contribution in [2.75, 3.05) is 18.6 Å². The molecule has 2 aromatic heterocycles. The Hall–Kier alpha value is -1.73. The van der Waals surface area contributed by atoms with Crippen molar-refractivity contribution in [1.29, 1.82) is 0 Å². The van der Waals surface area contributed by atoms with Gasteiger partial charge in [0.15, 0.2) is 0 Å². The van der Waals surface area contributed by atoms with Crippen LogP contribution in [0.3, 0.4) is 0 Å². The summed E-state index contributed by atoms with van der Waals surface area (Å²) in [5.74, 6) is 0.791. The number of imidazole rings is 1. The summed E-state index contributed by atoms with van der Waals surface area (Å²) in [5, 5.41) is 9.23. The Morgan fingerprint density at radius 2 is 2.22 bits per heavy atom. The van der Waals surface area contributed by atoms with E-state index >= 15 is 0 Å². The molecule has 7 nitrogen and oxygen atoms in total. The van der Waals surface area contributed by atoms with Gasteiger partial charge in [-0.25, -0.2) is 4.98 Å². The number of rotatable bonds is 4. The van der Waals surface area contributed by atoms with Gasteiger partial charge in [0.25, 0.3) is 0 Å². The Bertz CT molecular complexity index is 517. The average Bonchev–Trinajstić information content (AvgIpc) is 2.90. The van der Waals surface area contributed by atoms with E-state index in [9.17, 15) is 0 Å². The van der Waals surface area contributed by atoms with Crippen LogP contribution in [0.5, 0.6) is 0 Å². The summed E-state index contributed by atoms with van der Waals surface area (Å²) in [7, 11) is 1.78.